The number of nitrogens with one attached hydrogen (secondary N) is 1. The van der Waals surface area contributed by atoms with Gasteiger partial charge in [0.15, 0.2) is 0 Å². The van der Waals surface area contributed by atoms with Crippen LogP contribution in [-0.4, -0.2) is 23.8 Å². The highest BCUT2D eigenvalue weighted by molar-refractivity contribution is 5.81. The van der Waals surface area contributed by atoms with Crippen LogP contribution in [0.15, 0.2) is 30.5 Å². The monoisotopic (exact) mass is 274 g/mol. The van der Waals surface area contributed by atoms with Crippen molar-refractivity contribution in [2.75, 3.05) is 13.1 Å². The summed E-state index contributed by atoms with van der Waals surface area (Å²) < 4.78 is 8.06. The molecule has 0 amide bonds. The predicted octanol–water partition coefficient (Wildman–Crippen LogP) is 3.82. The molecule has 0 radical (unpaired) electrons. The van der Waals surface area contributed by atoms with E-state index in [9.17, 15) is 0 Å². The smallest absolute Gasteiger partial charge is 0.120 e. The van der Waals surface area contributed by atoms with Gasteiger partial charge in [0.05, 0.1) is 6.10 Å². The number of nitrogens with zero attached hydrogens (tertiary/aromatic N) is 1. The topological polar surface area (TPSA) is 26.2 Å². The highest BCUT2D eigenvalue weighted by atomic mass is 16.5. The van der Waals surface area contributed by atoms with Gasteiger partial charge in [-0.1, -0.05) is 6.92 Å². The summed E-state index contributed by atoms with van der Waals surface area (Å²) in [5.74, 6) is 0.954. The second kappa shape index (κ2) is 7.34. The zero-order valence-corrected chi connectivity index (χ0v) is 12.9. The van der Waals surface area contributed by atoms with Crippen LogP contribution in [0.5, 0.6) is 5.75 Å². The molecule has 0 spiro atoms. The molecule has 20 heavy (non-hydrogen) atoms. The minimum Gasteiger partial charge on any atom is -0.491 e. The van der Waals surface area contributed by atoms with E-state index in [0.29, 0.717) is 0 Å². The van der Waals surface area contributed by atoms with Crippen molar-refractivity contribution < 1.29 is 4.74 Å². The quantitative estimate of drug-likeness (QED) is 0.741. The van der Waals surface area contributed by atoms with Gasteiger partial charge in [0.1, 0.15) is 5.75 Å². The third-order valence-corrected chi connectivity index (χ3v) is 3.29. The van der Waals surface area contributed by atoms with Gasteiger partial charge >= 0.3 is 0 Å². The summed E-state index contributed by atoms with van der Waals surface area (Å²) in [6.07, 6.45) is 4.75. The average molecular weight is 274 g/mol. The fourth-order valence-corrected chi connectivity index (χ4v) is 2.39. The number of aryl methyl sites for hydroxylation is 1. The van der Waals surface area contributed by atoms with Gasteiger partial charge in [-0.15, -0.1) is 0 Å². The van der Waals surface area contributed by atoms with E-state index in [1.54, 1.807) is 0 Å². The van der Waals surface area contributed by atoms with Crippen LogP contribution in [0.25, 0.3) is 10.9 Å². The Morgan fingerprint density at radius 2 is 2.05 bits per heavy atom. The minimum atomic E-state index is 0.221. The van der Waals surface area contributed by atoms with Crippen LogP contribution in [0.1, 0.15) is 33.6 Å². The van der Waals surface area contributed by atoms with Gasteiger partial charge in [0, 0.05) is 23.6 Å². The molecule has 0 atom stereocenters. The molecule has 0 unspecified atom stereocenters. The Balaban J connectivity index is 1.97. The fraction of sp³-hybridized carbons (Fsp3) is 0.529. The van der Waals surface area contributed by atoms with E-state index >= 15 is 0 Å². The molecule has 1 heterocycles. The summed E-state index contributed by atoms with van der Waals surface area (Å²) in [5, 5.41) is 4.70. The summed E-state index contributed by atoms with van der Waals surface area (Å²) in [7, 11) is 0. The first kappa shape index (κ1) is 14.9. The van der Waals surface area contributed by atoms with E-state index in [1.165, 1.54) is 17.3 Å². The van der Waals surface area contributed by atoms with Crippen LogP contribution in [0.2, 0.25) is 0 Å². The van der Waals surface area contributed by atoms with E-state index in [2.05, 4.69) is 61.1 Å². The summed E-state index contributed by atoms with van der Waals surface area (Å²) in [6.45, 7) is 9.57. The third-order valence-electron chi connectivity index (χ3n) is 3.29. The summed E-state index contributed by atoms with van der Waals surface area (Å²) in [4.78, 5) is 0. The maximum Gasteiger partial charge on any atom is 0.120 e. The molecule has 2 aromatic rings. The van der Waals surface area contributed by atoms with Crippen molar-refractivity contribution in [2.45, 2.75) is 46.3 Å². The van der Waals surface area contributed by atoms with Crippen molar-refractivity contribution in [1.29, 1.82) is 0 Å². The van der Waals surface area contributed by atoms with Gasteiger partial charge in [-0.2, -0.15) is 0 Å². The summed E-state index contributed by atoms with van der Waals surface area (Å²) >= 11 is 0. The summed E-state index contributed by atoms with van der Waals surface area (Å²) in [5.41, 5.74) is 1.29. The average Bonchev–Trinajstić information content (AvgIpc) is 2.80. The number of fused-ring (bicyclic) bond motifs is 1. The number of benzene rings is 1. The van der Waals surface area contributed by atoms with Crippen LogP contribution in [0, 0.1) is 0 Å². The van der Waals surface area contributed by atoms with Gasteiger partial charge in [-0.3, -0.25) is 0 Å². The SMILES string of the molecule is CCCNCCCn1ccc2cc(OC(C)C)ccc21. The number of hydrogen-bond acceptors (Lipinski definition) is 2. The van der Waals surface area contributed by atoms with E-state index < -0.39 is 0 Å². The molecule has 0 aliphatic rings. The second-order valence-electron chi connectivity index (χ2n) is 5.50. The molecule has 1 aromatic heterocycles. The van der Waals surface area contributed by atoms with Gasteiger partial charge in [0.25, 0.3) is 0 Å². The molecule has 3 nitrogen and oxygen atoms in total. The molecule has 2 rings (SSSR count). The molecule has 110 valence electrons. The van der Waals surface area contributed by atoms with E-state index in [-0.39, 0.29) is 6.10 Å². The third kappa shape index (κ3) is 4.01. The molecular formula is C17H26N2O. The van der Waals surface area contributed by atoms with E-state index in [1.807, 2.05) is 0 Å². The normalized spacial score (nSPS) is 11.4. The Morgan fingerprint density at radius 1 is 1.20 bits per heavy atom. The maximum absolute atomic E-state index is 5.74. The molecule has 0 bridgehead atoms. The molecule has 0 saturated heterocycles. The van der Waals surface area contributed by atoms with Crippen molar-refractivity contribution >= 4 is 10.9 Å². The lowest BCUT2D eigenvalue weighted by Crippen LogP contribution is -2.17. The van der Waals surface area contributed by atoms with Gasteiger partial charge in [-0.25, -0.2) is 0 Å². The molecule has 0 fully saturated rings. The lowest BCUT2D eigenvalue weighted by atomic mass is 10.2. The van der Waals surface area contributed by atoms with Crippen molar-refractivity contribution in [2.24, 2.45) is 0 Å². The van der Waals surface area contributed by atoms with Gasteiger partial charge < -0.3 is 14.6 Å². The molecule has 1 aromatic carbocycles. The van der Waals surface area contributed by atoms with Crippen molar-refractivity contribution in [1.82, 2.24) is 9.88 Å². The highest BCUT2D eigenvalue weighted by Gasteiger charge is 2.04. The van der Waals surface area contributed by atoms with Crippen LogP contribution < -0.4 is 10.1 Å². The Bertz CT molecular complexity index is 531. The molecule has 0 aliphatic heterocycles. The first-order valence-corrected chi connectivity index (χ1v) is 7.67. The van der Waals surface area contributed by atoms with Crippen LogP contribution in [0.4, 0.5) is 0 Å². The lowest BCUT2D eigenvalue weighted by Gasteiger charge is -2.10. The number of aromatic nitrogens is 1. The predicted molar refractivity (Wildman–Crippen MR) is 85.5 cm³/mol. The first-order valence-electron chi connectivity index (χ1n) is 7.67. The minimum absolute atomic E-state index is 0.221. The van der Waals surface area contributed by atoms with Crippen LogP contribution in [-0.2, 0) is 6.54 Å². The van der Waals surface area contributed by atoms with E-state index in [0.717, 1.165) is 31.8 Å². The standard InChI is InChI=1S/C17H26N2O/c1-4-9-18-10-5-11-19-12-8-15-13-16(20-14(2)3)6-7-17(15)19/h6-8,12-14,18H,4-5,9-11H2,1-3H3. The highest BCUT2D eigenvalue weighted by Crippen LogP contribution is 2.23. The van der Waals surface area contributed by atoms with Crippen molar-refractivity contribution in [3.8, 4) is 5.75 Å². The second-order valence-corrected chi connectivity index (χ2v) is 5.50. The van der Waals surface area contributed by atoms with Gasteiger partial charge in [0.2, 0.25) is 0 Å². The molecular weight excluding hydrogens is 248 g/mol. The molecule has 0 saturated carbocycles. The van der Waals surface area contributed by atoms with Crippen LogP contribution >= 0.6 is 0 Å². The molecule has 0 aliphatic carbocycles. The number of ether oxygens (including phenoxy) is 1. The maximum atomic E-state index is 5.74. The van der Waals surface area contributed by atoms with Crippen molar-refractivity contribution in [3.05, 3.63) is 30.5 Å². The van der Waals surface area contributed by atoms with Crippen molar-refractivity contribution in [3.63, 3.8) is 0 Å². The Morgan fingerprint density at radius 3 is 2.80 bits per heavy atom. The first-order chi connectivity index (χ1) is 9.70. The lowest BCUT2D eigenvalue weighted by molar-refractivity contribution is 0.243. The number of rotatable bonds is 8. The summed E-state index contributed by atoms with van der Waals surface area (Å²) in [6, 6.07) is 8.52. The molecule has 1 N–H and O–H groups in total. The van der Waals surface area contributed by atoms with Gasteiger partial charge in [-0.05, 0) is 64.0 Å². The molecule has 3 heteroatoms. The Kier molecular flexibility index (Phi) is 5.48. The zero-order valence-electron chi connectivity index (χ0n) is 12.9. The number of hydrogen-bond donors (Lipinski definition) is 1. The van der Waals surface area contributed by atoms with E-state index in [4.69, 9.17) is 4.74 Å². The largest absolute Gasteiger partial charge is 0.491 e. The van der Waals surface area contributed by atoms with Crippen LogP contribution in [0.3, 0.4) is 0 Å². The zero-order chi connectivity index (χ0) is 14.4. The fourth-order valence-electron chi connectivity index (χ4n) is 2.39. The Labute approximate surface area is 121 Å². The Hall–Kier alpha value is -1.48.